The third-order valence-electron chi connectivity index (χ3n) is 5.55. The highest BCUT2D eigenvalue weighted by atomic mass is 16.5. The lowest BCUT2D eigenvalue weighted by Crippen LogP contribution is -2.26. The van der Waals surface area contributed by atoms with Gasteiger partial charge >= 0.3 is 0 Å². The summed E-state index contributed by atoms with van der Waals surface area (Å²) < 4.78 is 5.52. The van der Waals surface area contributed by atoms with Gasteiger partial charge in [-0.05, 0) is 25.0 Å². The van der Waals surface area contributed by atoms with Crippen molar-refractivity contribution in [3.8, 4) is 22.9 Å². The molecule has 6 nitrogen and oxygen atoms in total. The maximum absolute atomic E-state index is 12.8. The van der Waals surface area contributed by atoms with Crippen LogP contribution in [0.15, 0.2) is 36.4 Å². The number of anilines is 1. The Labute approximate surface area is 162 Å². The Balaban J connectivity index is 1.79. The van der Waals surface area contributed by atoms with E-state index in [1.54, 1.807) is 19.2 Å². The van der Waals surface area contributed by atoms with E-state index in [1.165, 1.54) is 0 Å². The summed E-state index contributed by atoms with van der Waals surface area (Å²) in [6, 6.07) is 13.6. The number of nitriles is 1. The number of carbonyl (C=O) groups is 1. The summed E-state index contributed by atoms with van der Waals surface area (Å²) >= 11 is 0. The number of nitrogens with zero attached hydrogens (tertiary/aromatic N) is 3. The monoisotopic (exact) mass is 370 g/mol. The predicted octanol–water partition coefficient (Wildman–Crippen LogP) is 3.48. The van der Waals surface area contributed by atoms with Crippen LogP contribution in [0.1, 0.15) is 34.5 Å². The number of amides is 1. The standard InChI is InChI=1S/C22H18N4O2/c1-28-17-7-2-4-12(10-23)18(17)14-5-3-6-15-20(24)19-16(25-21(14)15)11-26(22(19)27)13-8-9-13/h2-7,13H,8-9,11H2,1H3,(H2,24,25). The van der Waals surface area contributed by atoms with Gasteiger partial charge in [0.1, 0.15) is 5.75 Å². The van der Waals surface area contributed by atoms with E-state index in [-0.39, 0.29) is 5.91 Å². The molecular formula is C22H18N4O2. The van der Waals surface area contributed by atoms with Gasteiger partial charge in [-0.15, -0.1) is 0 Å². The minimum atomic E-state index is -0.0233. The molecule has 2 aliphatic rings. The first kappa shape index (κ1) is 16.6. The number of methoxy groups -OCH3 is 1. The van der Waals surface area contributed by atoms with Crippen molar-refractivity contribution in [1.29, 1.82) is 5.26 Å². The molecule has 1 fully saturated rings. The number of pyridine rings is 1. The van der Waals surface area contributed by atoms with E-state index in [4.69, 9.17) is 15.5 Å². The Morgan fingerprint density at radius 2 is 2.00 bits per heavy atom. The maximum atomic E-state index is 12.8. The molecule has 2 N–H and O–H groups in total. The SMILES string of the molecule is COc1cccc(C#N)c1-c1cccc2c(N)c3c(nc12)CN(C1CC1)C3=O. The molecule has 3 aromatic rings. The number of benzene rings is 2. The summed E-state index contributed by atoms with van der Waals surface area (Å²) in [6.45, 7) is 0.490. The second-order valence-corrected chi connectivity index (χ2v) is 7.21. The molecule has 0 spiro atoms. The molecule has 0 unspecified atom stereocenters. The van der Waals surface area contributed by atoms with Crippen molar-refractivity contribution < 1.29 is 9.53 Å². The van der Waals surface area contributed by atoms with Gasteiger partial charge in [0.25, 0.3) is 5.91 Å². The van der Waals surface area contributed by atoms with Gasteiger partial charge in [0.05, 0.1) is 47.7 Å². The smallest absolute Gasteiger partial charge is 0.258 e. The predicted molar refractivity (Wildman–Crippen MR) is 106 cm³/mol. The fraction of sp³-hybridized carbons (Fsp3) is 0.227. The minimum absolute atomic E-state index is 0.0233. The number of rotatable bonds is 3. The Bertz CT molecular complexity index is 1190. The molecule has 1 saturated carbocycles. The van der Waals surface area contributed by atoms with E-state index < -0.39 is 0 Å². The van der Waals surface area contributed by atoms with Crippen LogP contribution in [-0.4, -0.2) is 28.9 Å². The fourth-order valence-corrected chi connectivity index (χ4v) is 4.05. The summed E-state index contributed by atoms with van der Waals surface area (Å²) in [7, 11) is 1.58. The normalized spacial score (nSPS) is 15.6. The van der Waals surface area contributed by atoms with Crippen LogP contribution in [0.4, 0.5) is 5.69 Å². The van der Waals surface area contributed by atoms with Crippen LogP contribution in [0, 0.1) is 11.3 Å². The number of nitrogens with two attached hydrogens (primary N) is 1. The van der Waals surface area contributed by atoms with Crippen molar-refractivity contribution in [2.24, 2.45) is 0 Å². The minimum Gasteiger partial charge on any atom is -0.496 e. The highest BCUT2D eigenvalue weighted by Crippen LogP contribution is 2.42. The number of para-hydroxylation sites is 1. The topological polar surface area (TPSA) is 92.2 Å². The van der Waals surface area contributed by atoms with Gasteiger partial charge in [-0.1, -0.05) is 24.3 Å². The van der Waals surface area contributed by atoms with E-state index in [1.807, 2.05) is 29.2 Å². The lowest BCUT2D eigenvalue weighted by atomic mass is 9.95. The Morgan fingerprint density at radius 1 is 1.21 bits per heavy atom. The molecule has 1 aliphatic carbocycles. The number of carbonyl (C=O) groups excluding carboxylic acids is 1. The summed E-state index contributed by atoms with van der Waals surface area (Å²) in [5, 5.41) is 10.3. The van der Waals surface area contributed by atoms with Crippen molar-refractivity contribution in [1.82, 2.24) is 9.88 Å². The maximum Gasteiger partial charge on any atom is 0.258 e. The Hall–Kier alpha value is -3.59. The fourth-order valence-electron chi connectivity index (χ4n) is 4.05. The molecule has 2 aromatic carbocycles. The molecule has 2 heterocycles. The number of fused-ring (bicyclic) bond motifs is 2. The van der Waals surface area contributed by atoms with Gasteiger partial charge in [-0.2, -0.15) is 5.26 Å². The molecule has 1 aliphatic heterocycles. The molecule has 0 saturated heterocycles. The molecular weight excluding hydrogens is 352 g/mol. The Kier molecular flexibility index (Phi) is 3.53. The zero-order valence-electron chi connectivity index (χ0n) is 15.4. The van der Waals surface area contributed by atoms with Crippen molar-refractivity contribution in [3.63, 3.8) is 0 Å². The number of aromatic nitrogens is 1. The highest BCUT2D eigenvalue weighted by molar-refractivity contribution is 6.12. The van der Waals surface area contributed by atoms with E-state index in [9.17, 15) is 10.1 Å². The lowest BCUT2D eigenvalue weighted by molar-refractivity contribution is 0.0767. The third-order valence-corrected chi connectivity index (χ3v) is 5.55. The van der Waals surface area contributed by atoms with Crippen LogP contribution in [0.2, 0.25) is 0 Å². The van der Waals surface area contributed by atoms with Crippen LogP contribution in [0.25, 0.3) is 22.0 Å². The first-order chi connectivity index (χ1) is 13.6. The van der Waals surface area contributed by atoms with Crippen LogP contribution in [-0.2, 0) is 6.54 Å². The number of ether oxygens (including phenoxy) is 1. The van der Waals surface area contributed by atoms with Crippen LogP contribution >= 0.6 is 0 Å². The molecule has 28 heavy (non-hydrogen) atoms. The molecule has 5 rings (SSSR count). The van der Waals surface area contributed by atoms with Crippen LogP contribution in [0.3, 0.4) is 0 Å². The molecule has 0 bridgehead atoms. The summed E-state index contributed by atoms with van der Waals surface area (Å²) in [5.74, 6) is 0.577. The average molecular weight is 370 g/mol. The Morgan fingerprint density at radius 3 is 2.71 bits per heavy atom. The second kappa shape index (κ2) is 5.96. The number of hydrogen-bond donors (Lipinski definition) is 1. The highest BCUT2D eigenvalue weighted by Gasteiger charge is 2.40. The summed E-state index contributed by atoms with van der Waals surface area (Å²) in [6.07, 6.45) is 2.08. The number of hydrogen-bond acceptors (Lipinski definition) is 5. The zero-order chi connectivity index (χ0) is 19.4. The van der Waals surface area contributed by atoms with Gasteiger partial charge in [0.2, 0.25) is 0 Å². The lowest BCUT2D eigenvalue weighted by Gasteiger charge is -2.14. The van der Waals surface area contributed by atoms with Gasteiger partial charge in [0, 0.05) is 22.6 Å². The first-order valence-corrected chi connectivity index (χ1v) is 9.23. The quantitative estimate of drug-likeness (QED) is 0.762. The van der Waals surface area contributed by atoms with Crippen molar-refractivity contribution >= 4 is 22.5 Å². The molecule has 0 radical (unpaired) electrons. The van der Waals surface area contributed by atoms with Gasteiger partial charge in [-0.3, -0.25) is 4.79 Å². The molecule has 138 valence electrons. The molecule has 0 atom stereocenters. The largest absolute Gasteiger partial charge is 0.496 e. The van der Waals surface area contributed by atoms with Gasteiger partial charge in [0.15, 0.2) is 0 Å². The molecule has 1 amide bonds. The number of nitrogen functional groups attached to an aromatic ring is 1. The first-order valence-electron chi connectivity index (χ1n) is 9.23. The second-order valence-electron chi connectivity index (χ2n) is 7.21. The van der Waals surface area contributed by atoms with Crippen LogP contribution < -0.4 is 10.5 Å². The van der Waals surface area contributed by atoms with E-state index in [0.717, 1.165) is 23.8 Å². The van der Waals surface area contributed by atoms with E-state index >= 15 is 0 Å². The van der Waals surface area contributed by atoms with Crippen molar-refractivity contribution in [3.05, 3.63) is 53.2 Å². The van der Waals surface area contributed by atoms with Crippen molar-refractivity contribution in [2.45, 2.75) is 25.4 Å². The summed E-state index contributed by atoms with van der Waals surface area (Å²) in [5.41, 5.74) is 10.8. The van der Waals surface area contributed by atoms with Crippen molar-refractivity contribution in [2.75, 3.05) is 12.8 Å². The van der Waals surface area contributed by atoms with Gasteiger partial charge in [-0.25, -0.2) is 4.98 Å². The van der Waals surface area contributed by atoms with E-state index in [0.29, 0.717) is 51.9 Å². The third kappa shape index (κ3) is 2.26. The molecule has 1 aromatic heterocycles. The van der Waals surface area contributed by atoms with E-state index in [2.05, 4.69) is 6.07 Å². The zero-order valence-corrected chi connectivity index (χ0v) is 15.4. The van der Waals surface area contributed by atoms with Gasteiger partial charge < -0.3 is 15.4 Å². The van der Waals surface area contributed by atoms with Crippen LogP contribution in [0.5, 0.6) is 5.75 Å². The molecule has 6 heteroatoms. The average Bonchev–Trinajstić information content (AvgIpc) is 3.51. The summed E-state index contributed by atoms with van der Waals surface area (Å²) in [4.78, 5) is 19.6.